The van der Waals surface area contributed by atoms with E-state index in [1.54, 1.807) is 0 Å². The zero-order valence-corrected chi connectivity index (χ0v) is 10.1. The molecule has 0 amide bonds. The Hall–Kier alpha value is -0.410. The smallest absolute Gasteiger partial charge is 0.137 e. The summed E-state index contributed by atoms with van der Waals surface area (Å²) in [4.78, 5) is 0. The Kier molecular flexibility index (Phi) is 3.42. The van der Waals surface area contributed by atoms with Crippen molar-refractivity contribution in [2.24, 2.45) is 11.7 Å². The zero-order chi connectivity index (χ0) is 10.8. The van der Waals surface area contributed by atoms with Gasteiger partial charge in [-0.25, -0.2) is 4.39 Å². The van der Waals surface area contributed by atoms with Crippen LogP contribution in [-0.2, 0) is 6.42 Å². The van der Waals surface area contributed by atoms with Crippen molar-refractivity contribution in [3.05, 3.63) is 34.1 Å². The molecule has 1 aliphatic rings. The Morgan fingerprint density at radius 1 is 1.40 bits per heavy atom. The number of rotatable bonds is 2. The second-order valence-electron chi connectivity index (χ2n) is 4.39. The van der Waals surface area contributed by atoms with Crippen molar-refractivity contribution in [2.45, 2.75) is 31.7 Å². The van der Waals surface area contributed by atoms with Crippen LogP contribution in [0.2, 0.25) is 0 Å². The number of hydrogen-bond donors (Lipinski definition) is 1. The fraction of sp³-hybridized carbons (Fsp3) is 0.500. The molecule has 1 aromatic carbocycles. The molecule has 3 heteroatoms. The van der Waals surface area contributed by atoms with Gasteiger partial charge in [0, 0.05) is 6.04 Å². The van der Waals surface area contributed by atoms with E-state index in [1.807, 2.05) is 12.1 Å². The summed E-state index contributed by atoms with van der Waals surface area (Å²) in [5, 5.41) is 0. The summed E-state index contributed by atoms with van der Waals surface area (Å²) in [7, 11) is 0. The Bertz CT molecular complexity index is 353. The van der Waals surface area contributed by atoms with Crippen LogP contribution in [0.15, 0.2) is 22.7 Å². The average Bonchev–Trinajstić information content (AvgIpc) is 2.58. The molecule has 2 atom stereocenters. The molecule has 0 aliphatic heterocycles. The Morgan fingerprint density at radius 3 is 2.80 bits per heavy atom. The summed E-state index contributed by atoms with van der Waals surface area (Å²) in [6.07, 6.45) is 4.46. The normalized spacial score (nSPS) is 25.8. The van der Waals surface area contributed by atoms with Crippen LogP contribution < -0.4 is 5.73 Å². The standard InChI is InChI=1S/C12H15BrFN/c13-11-7-9(2-4-12(11)14)5-8-1-3-10(15)6-8/h2,4,7-8,10H,1,3,5-6,15H2. The van der Waals surface area contributed by atoms with Gasteiger partial charge >= 0.3 is 0 Å². The summed E-state index contributed by atoms with van der Waals surface area (Å²) >= 11 is 3.21. The van der Waals surface area contributed by atoms with Crippen LogP contribution in [0.3, 0.4) is 0 Å². The first-order chi connectivity index (χ1) is 7.15. The number of hydrogen-bond acceptors (Lipinski definition) is 1. The second kappa shape index (κ2) is 4.62. The lowest BCUT2D eigenvalue weighted by atomic mass is 9.98. The minimum Gasteiger partial charge on any atom is -0.328 e. The van der Waals surface area contributed by atoms with Crippen LogP contribution in [0, 0.1) is 11.7 Å². The Morgan fingerprint density at radius 2 is 2.20 bits per heavy atom. The highest BCUT2D eigenvalue weighted by Crippen LogP contribution is 2.28. The highest BCUT2D eigenvalue weighted by atomic mass is 79.9. The van der Waals surface area contributed by atoms with Gasteiger partial charge in [0.05, 0.1) is 4.47 Å². The molecule has 15 heavy (non-hydrogen) atoms. The van der Waals surface area contributed by atoms with E-state index >= 15 is 0 Å². The predicted octanol–water partition coefficient (Wildman–Crippen LogP) is 3.26. The van der Waals surface area contributed by atoms with E-state index in [0.717, 1.165) is 19.3 Å². The Labute approximate surface area is 98.0 Å². The molecule has 2 unspecified atom stereocenters. The van der Waals surface area contributed by atoms with Gasteiger partial charge in [-0.05, 0) is 65.2 Å². The van der Waals surface area contributed by atoms with Gasteiger partial charge in [0.2, 0.25) is 0 Å². The maximum Gasteiger partial charge on any atom is 0.137 e. The molecule has 0 aromatic heterocycles. The van der Waals surface area contributed by atoms with Crippen molar-refractivity contribution in [3.8, 4) is 0 Å². The van der Waals surface area contributed by atoms with Gasteiger partial charge in [-0.15, -0.1) is 0 Å². The molecule has 1 fully saturated rings. The first-order valence-corrected chi connectivity index (χ1v) is 6.14. The van der Waals surface area contributed by atoms with Crippen LogP contribution in [0.4, 0.5) is 4.39 Å². The first-order valence-electron chi connectivity index (χ1n) is 5.34. The van der Waals surface area contributed by atoms with Gasteiger partial charge in [-0.2, -0.15) is 0 Å². The second-order valence-corrected chi connectivity index (χ2v) is 5.25. The highest BCUT2D eigenvalue weighted by molar-refractivity contribution is 9.10. The summed E-state index contributed by atoms with van der Waals surface area (Å²) in [6.45, 7) is 0. The van der Waals surface area contributed by atoms with Crippen LogP contribution in [0.25, 0.3) is 0 Å². The maximum atomic E-state index is 13.0. The van der Waals surface area contributed by atoms with Gasteiger partial charge < -0.3 is 5.73 Å². The molecule has 0 heterocycles. The molecular formula is C12H15BrFN. The summed E-state index contributed by atoms with van der Waals surface area (Å²) in [6, 6.07) is 5.64. The van der Waals surface area contributed by atoms with Crippen LogP contribution in [0.5, 0.6) is 0 Å². The van der Waals surface area contributed by atoms with E-state index in [-0.39, 0.29) is 5.82 Å². The van der Waals surface area contributed by atoms with Crippen molar-refractivity contribution in [2.75, 3.05) is 0 Å². The van der Waals surface area contributed by atoms with Gasteiger partial charge in [0.1, 0.15) is 5.82 Å². The van der Waals surface area contributed by atoms with E-state index in [0.29, 0.717) is 16.4 Å². The third-order valence-corrected chi connectivity index (χ3v) is 3.70. The SMILES string of the molecule is NC1CCC(Cc2ccc(F)c(Br)c2)C1. The van der Waals surface area contributed by atoms with E-state index in [1.165, 1.54) is 18.1 Å². The fourth-order valence-electron chi connectivity index (χ4n) is 2.30. The number of nitrogens with two attached hydrogens (primary N) is 1. The molecule has 1 aromatic rings. The largest absolute Gasteiger partial charge is 0.328 e. The van der Waals surface area contributed by atoms with Gasteiger partial charge in [0.25, 0.3) is 0 Å². The van der Waals surface area contributed by atoms with Crippen molar-refractivity contribution in [1.82, 2.24) is 0 Å². The summed E-state index contributed by atoms with van der Waals surface area (Å²) in [5.41, 5.74) is 7.06. The minimum absolute atomic E-state index is 0.193. The lowest BCUT2D eigenvalue weighted by Crippen LogP contribution is -2.15. The van der Waals surface area contributed by atoms with E-state index in [9.17, 15) is 4.39 Å². The van der Waals surface area contributed by atoms with Gasteiger partial charge in [-0.3, -0.25) is 0 Å². The molecule has 1 aliphatic carbocycles. The highest BCUT2D eigenvalue weighted by Gasteiger charge is 2.21. The quantitative estimate of drug-likeness (QED) is 0.878. The molecule has 0 saturated heterocycles. The lowest BCUT2D eigenvalue weighted by Gasteiger charge is -2.09. The third kappa shape index (κ3) is 2.79. The van der Waals surface area contributed by atoms with E-state index < -0.39 is 0 Å². The predicted molar refractivity (Wildman–Crippen MR) is 63.1 cm³/mol. The molecular weight excluding hydrogens is 257 g/mol. The van der Waals surface area contributed by atoms with Crippen molar-refractivity contribution in [3.63, 3.8) is 0 Å². The minimum atomic E-state index is -0.193. The van der Waals surface area contributed by atoms with Crippen LogP contribution >= 0.6 is 15.9 Å². The Balaban J connectivity index is 2.02. The molecule has 0 spiro atoms. The summed E-state index contributed by atoms with van der Waals surface area (Å²) in [5.74, 6) is 0.485. The third-order valence-electron chi connectivity index (χ3n) is 3.09. The molecule has 82 valence electrons. The molecule has 2 N–H and O–H groups in total. The molecule has 2 rings (SSSR count). The van der Waals surface area contributed by atoms with Gasteiger partial charge in [0.15, 0.2) is 0 Å². The zero-order valence-electron chi connectivity index (χ0n) is 8.55. The van der Waals surface area contributed by atoms with Crippen LogP contribution in [-0.4, -0.2) is 6.04 Å². The van der Waals surface area contributed by atoms with Crippen molar-refractivity contribution < 1.29 is 4.39 Å². The monoisotopic (exact) mass is 271 g/mol. The topological polar surface area (TPSA) is 26.0 Å². The number of benzene rings is 1. The molecule has 0 bridgehead atoms. The maximum absolute atomic E-state index is 13.0. The molecule has 1 saturated carbocycles. The fourth-order valence-corrected chi connectivity index (χ4v) is 2.73. The van der Waals surface area contributed by atoms with Crippen molar-refractivity contribution in [1.29, 1.82) is 0 Å². The van der Waals surface area contributed by atoms with Gasteiger partial charge in [-0.1, -0.05) is 6.07 Å². The van der Waals surface area contributed by atoms with Crippen molar-refractivity contribution >= 4 is 15.9 Å². The average molecular weight is 272 g/mol. The molecule has 0 radical (unpaired) electrons. The molecule has 1 nitrogen and oxygen atoms in total. The van der Waals surface area contributed by atoms with Crippen LogP contribution in [0.1, 0.15) is 24.8 Å². The number of halogens is 2. The summed E-state index contributed by atoms with van der Waals surface area (Å²) < 4.78 is 13.6. The lowest BCUT2D eigenvalue weighted by molar-refractivity contribution is 0.533. The van der Waals surface area contributed by atoms with E-state index in [4.69, 9.17) is 5.73 Å². The first kappa shape index (κ1) is 11.1. The van der Waals surface area contributed by atoms with E-state index in [2.05, 4.69) is 15.9 Å².